The summed E-state index contributed by atoms with van der Waals surface area (Å²) in [7, 11) is 1.57. The molecule has 7 nitrogen and oxygen atoms in total. The van der Waals surface area contributed by atoms with E-state index in [0.29, 0.717) is 11.4 Å². The lowest BCUT2D eigenvalue weighted by atomic mass is 10.1. The predicted octanol–water partition coefficient (Wildman–Crippen LogP) is 3.55. The number of benzene rings is 2. The van der Waals surface area contributed by atoms with Crippen molar-refractivity contribution in [2.75, 3.05) is 19.0 Å². The lowest BCUT2D eigenvalue weighted by Crippen LogP contribution is -2.32. The van der Waals surface area contributed by atoms with Crippen LogP contribution < -0.4 is 15.4 Å². The smallest absolute Gasteiger partial charge is 0.289 e. The van der Waals surface area contributed by atoms with Crippen LogP contribution in [0, 0.1) is 10.1 Å². The molecule has 0 saturated carbocycles. The molecule has 0 aromatic heterocycles. The van der Waals surface area contributed by atoms with Gasteiger partial charge in [-0.2, -0.15) is 0 Å². The predicted molar refractivity (Wildman–Crippen MR) is 96.1 cm³/mol. The molecule has 0 aliphatic carbocycles. The third kappa shape index (κ3) is 4.84. The first kappa shape index (κ1) is 18.5. The van der Waals surface area contributed by atoms with Crippen LogP contribution >= 0.6 is 11.6 Å². The van der Waals surface area contributed by atoms with E-state index in [4.69, 9.17) is 16.3 Å². The zero-order valence-electron chi connectivity index (χ0n) is 13.8. The molecule has 2 rings (SSSR count). The summed E-state index contributed by atoms with van der Waals surface area (Å²) in [5, 5.41) is 16.6. The Morgan fingerprint density at radius 3 is 2.72 bits per heavy atom. The minimum absolute atomic E-state index is 0.0295. The molecule has 2 aromatic rings. The summed E-state index contributed by atoms with van der Waals surface area (Å²) in [6.45, 7) is 1.82. The van der Waals surface area contributed by atoms with Crippen LogP contribution in [0.15, 0.2) is 42.5 Å². The number of nitro groups is 1. The normalized spacial score (nSPS) is 11.5. The molecule has 1 unspecified atom stereocenters. The highest BCUT2D eigenvalue weighted by Gasteiger charge is 2.15. The first-order chi connectivity index (χ1) is 11.9. The average Bonchev–Trinajstić information content (AvgIpc) is 2.60. The van der Waals surface area contributed by atoms with E-state index in [9.17, 15) is 14.9 Å². The molecule has 132 valence electrons. The summed E-state index contributed by atoms with van der Waals surface area (Å²) >= 11 is 5.76. The Kier molecular flexibility index (Phi) is 6.19. The van der Waals surface area contributed by atoms with Gasteiger partial charge in [0.1, 0.15) is 10.8 Å². The molecular weight excluding hydrogens is 346 g/mol. The molecular formula is C17H18ClN3O4. The molecule has 0 radical (unpaired) electrons. The molecule has 8 heteroatoms. The van der Waals surface area contributed by atoms with Crippen LogP contribution in [0.1, 0.15) is 18.5 Å². The number of hydrogen-bond acceptors (Lipinski definition) is 5. The second-order valence-corrected chi connectivity index (χ2v) is 5.72. The van der Waals surface area contributed by atoms with E-state index in [1.165, 1.54) is 12.1 Å². The van der Waals surface area contributed by atoms with Crippen molar-refractivity contribution in [3.63, 3.8) is 0 Å². The number of carbonyl (C=O) groups is 1. The van der Waals surface area contributed by atoms with Gasteiger partial charge in [-0.3, -0.25) is 14.9 Å². The van der Waals surface area contributed by atoms with Crippen LogP contribution in [0.3, 0.4) is 0 Å². The minimum Gasteiger partial charge on any atom is -0.496 e. The van der Waals surface area contributed by atoms with Crippen LogP contribution in [0.4, 0.5) is 11.4 Å². The molecule has 1 atom stereocenters. The van der Waals surface area contributed by atoms with Gasteiger partial charge >= 0.3 is 0 Å². The quantitative estimate of drug-likeness (QED) is 0.579. The van der Waals surface area contributed by atoms with Crippen LogP contribution in [-0.2, 0) is 4.79 Å². The van der Waals surface area contributed by atoms with Crippen molar-refractivity contribution in [2.24, 2.45) is 0 Å². The van der Waals surface area contributed by atoms with Gasteiger partial charge < -0.3 is 15.4 Å². The second kappa shape index (κ2) is 8.34. The van der Waals surface area contributed by atoms with E-state index in [-0.39, 0.29) is 29.2 Å². The molecule has 0 fully saturated rings. The average molecular weight is 364 g/mol. The van der Waals surface area contributed by atoms with Crippen molar-refractivity contribution >= 4 is 28.9 Å². The van der Waals surface area contributed by atoms with Crippen molar-refractivity contribution in [1.82, 2.24) is 5.32 Å². The number of halogens is 1. The standard InChI is InChI=1S/C17H18ClN3O4/c1-11(13-5-3-4-6-16(13)25-2)20-17(22)10-19-12-7-8-14(18)15(9-12)21(23)24/h3-9,11,19H,10H2,1-2H3,(H,20,22). The Hall–Kier alpha value is -2.80. The highest BCUT2D eigenvalue weighted by Crippen LogP contribution is 2.27. The van der Waals surface area contributed by atoms with Crippen LogP contribution in [-0.4, -0.2) is 24.5 Å². The second-order valence-electron chi connectivity index (χ2n) is 5.31. The third-order valence-corrected chi connectivity index (χ3v) is 3.90. The fourth-order valence-corrected chi connectivity index (χ4v) is 2.53. The Labute approximate surface area is 150 Å². The number of anilines is 1. The van der Waals surface area contributed by atoms with Gasteiger partial charge in [0.15, 0.2) is 0 Å². The number of methoxy groups -OCH3 is 1. The van der Waals surface area contributed by atoms with Gasteiger partial charge in [-0.05, 0) is 25.1 Å². The number of ether oxygens (including phenoxy) is 1. The molecule has 2 aromatic carbocycles. The van der Waals surface area contributed by atoms with E-state index in [2.05, 4.69) is 10.6 Å². The summed E-state index contributed by atoms with van der Waals surface area (Å²) in [4.78, 5) is 22.4. The summed E-state index contributed by atoms with van der Waals surface area (Å²) in [5.74, 6) is 0.438. The molecule has 0 spiro atoms. The van der Waals surface area contributed by atoms with E-state index in [1.54, 1.807) is 13.2 Å². The SMILES string of the molecule is COc1ccccc1C(C)NC(=O)CNc1ccc(Cl)c([N+](=O)[O-])c1. The summed E-state index contributed by atoms with van der Waals surface area (Å²) in [6, 6.07) is 11.5. The third-order valence-electron chi connectivity index (χ3n) is 3.58. The van der Waals surface area contributed by atoms with Gasteiger partial charge in [-0.25, -0.2) is 0 Å². The molecule has 1 amide bonds. The van der Waals surface area contributed by atoms with E-state index in [1.807, 2.05) is 31.2 Å². The van der Waals surface area contributed by atoms with Gasteiger partial charge in [-0.1, -0.05) is 29.8 Å². The van der Waals surface area contributed by atoms with Crippen LogP contribution in [0.5, 0.6) is 5.75 Å². The van der Waals surface area contributed by atoms with Crippen LogP contribution in [0.2, 0.25) is 5.02 Å². The number of hydrogen-bond donors (Lipinski definition) is 2. The summed E-state index contributed by atoms with van der Waals surface area (Å²) in [5.41, 5.74) is 1.09. The zero-order chi connectivity index (χ0) is 18.4. The van der Waals surface area contributed by atoms with E-state index >= 15 is 0 Å². The highest BCUT2D eigenvalue weighted by molar-refractivity contribution is 6.32. The Morgan fingerprint density at radius 1 is 1.32 bits per heavy atom. The molecule has 0 aliphatic heterocycles. The maximum Gasteiger partial charge on any atom is 0.289 e. The topological polar surface area (TPSA) is 93.5 Å². The van der Waals surface area contributed by atoms with Gasteiger partial charge in [0, 0.05) is 17.3 Å². The van der Waals surface area contributed by atoms with Crippen molar-refractivity contribution in [2.45, 2.75) is 13.0 Å². The summed E-state index contributed by atoms with van der Waals surface area (Å²) < 4.78 is 5.28. The van der Waals surface area contributed by atoms with E-state index in [0.717, 1.165) is 5.56 Å². The van der Waals surface area contributed by atoms with Crippen LogP contribution in [0.25, 0.3) is 0 Å². The Morgan fingerprint density at radius 2 is 2.04 bits per heavy atom. The van der Waals surface area contributed by atoms with E-state index < -0.39 is 4.92 Å². The van der Waals surface area contributed by atoms with Crippen molar-refractivity contribution in [3.8, 4) is 5.75 Å². The fourth-order valence-electron chi connectivity index (χ4n) is 2.34. The number of nitrogens with one attached hydrogen (secondary N) is 2. The largest absolute Gasteiger partial charge is 0.496 e. The number of rotatable bonds is 7. The first-order valence-electron chi connectivity index (χ1n) is 7.52. The molecule has 0 bridgehead atoms. The number of para-hydroxylation sites is 1. The number of carbonyl (C=O) groups excluding carboxylic acids is 1. The molecule has 2 N–H and O–H groups in total. The summed E-state index contributed by atoms with van der Waals surface area (Å²) in [6.07, 6.45) is 0. The Bertz CT molecular complexity index is 782. The van der Waals surface area contributed by atoms with Crippen molar-refractivity contribution in [1.29, 1.82) is 0 Å². The lowest BCUT2D eigenvalue weighted by Gasteiger charge is -2.17. The molecule has 0 heterocycles. The Balaban J connectivity index is 1.97. The first-order valence-corrected chi connectivity index (χ1v) is 7.90. The van der Waals surface area contributed by atoms with Crippen molar-refractivity contribution in [3.05, 3.63) is 63.2 Å². The number of nitrogens with zero attached hydrogens (tertiary/aromatic N) is 1. The van der Waals surface area contributed by atoms with Gasteiger partial charge in [0.2, 0.25) is 5.91 Å². The molecule has 0 saturated heterocycles. The monoisotopic (exact) mass is 363 g/mol. The fraction of sp³-hybridized carbons (Fsp3) is 0.235. The zero-order valence-corrected chi connectivity index (χ0v) is 14.5. The van der Waals surface area contributed by atoms with Gasteiger partial charge in [0.25, 0.3) is 5.69 Å². The number of amides is 1. The number of nitro benzene ring substituents is 1. The van der Waals surface area contributed by atoms with Crippen molar-refractivity contribution < 1.29 is 14.5 Å². The molecule has 25 heavy (non-hydrogen) atoms. The van der Waals surface area contributed by atoms with Gasteiger partial charge in [0.05, 0.1) is 24.6 Å². The molecule has 0 aliphatic rings. The highest BCUT2D eigenvalue weighted by atomic mass is 35.5. The lowest BCUT2D eigenvalue weighted by molar-refractivity contribution is -0.384. The minimum atomic E-state index is -0.572. The maximum absolute atomic E-state index is 12.1. The maximum atomic E-state index is 12.1. The van der Waals surface area contributed by atoms with Gasteiger partial charge in [-0.15, -0.1) is 0 Å².